The van der Waals surface area contributed by atoms with Gasteiger partial charge in [0.05, 0.1) is 5.69 Å². The van der Waals surface area contributed by atoms with Gasteiger partial charge in [0.25, 0.3) is 5.91 Å². The average molecular weight is 447 g/mol. The lowest BCUT2D eigenvalue weighted by Gasteiger charge is -2.27. The third kappa shape index (κ3) is 4.28. The molecule has 1 atom stereocenters. The van der Waals surface area contributed by atoms with Crippen LogP contribution in [-0.2, 0) is 0 Å². The molecule has 1 amide bonds. The number of benzene rings is 1. The number of hydrogen-bond donors (Lipinski definition) is 0. The second-order valence-electron chi connectivity index (χ2n) is 9.63. The Hall–Kier alpha value is -3.09. The van der Waals surface area contributed by atoms with Crippen LogP contribution in [0.2, 0.25) is 0 Å². The summed E-state index contributed by atoms with van der Waals surface area (Å²) in [6.07, 6.45) is 6.84. The van der Waals surface area contributed by atoms with Gasteiger partial charge in [-0.15, -0.1) is 0 Å². The van der Waals surface area contributed by atoms with Gasteiger partial charge in [-0.3, -0.25) is 4.79 Å². The molecular weight excluding hydrogens is 412 g/mol. The first kappa shape index (κ1) is 21.7. The van der Waals surface area contributed by atoms with Crippen molar-refractivity contribution in [1.29, 1.82) is 0 Å². The summed E-state index contributed by atoms with van der Waals surface area (Å²) in [7, 11) is 4.08. The Balaban J connectivity index is 1.56. The molecule has 1 unspecified atom stereocenters. The molecule has 2 aliphatic rings. The number of fused-ring (bicyclic) bond motifs is 1. The van der Waals surface area contributed by atoms with Crippen LogP contribution in [0.5, 0.6) is 0 Å². The van der Waals surface area contributed by atoms with Crippen LogP contribution in [0.1, 0.15) is 55.9 Å². The lowest BCUT2D eigenvalue weighted by molar-refractivity contribution is 0.0692. The van der Waals surface area contributed by atoms with Gasteiger partial charge in [-0.1, -0.05) is 25.0 Å². The predicted molar refractivity (Wildman–Crippen MR) is 133 cm³/mol. The van der Waals surface area contributed by atoms with Crippen molar-refractivity contribution in [2.45, 2.75) is 51.5 Å². The average Bonchev–Trinajstić information content (AvgIpc) is 3.46. The summed E-state index contributed by atoms with van der Waals surface area (Å²) in [5.41, 5.74) is 4.34. The van der Waals surface area contributed by atoms with Gasteiger partial charge in [0.2, 0.25) is 0 Å². The van der Waals surface area contributed by atoms with Gasteiger partial charge in [-0.2, -0.15) is 9.61 Å². The fourth-order valence-corrected chi connectivity index (χ4v) is 5.03. The molecule has 2 aliphatic heterocycles. The first-order valence-corrected chi connectivity index (χ1v) is 12.3. The first-order chi connectivity index (χ1) is 16.0. The van der Waals surface area contributed by atoms with E-state index < -0.39 is 0 Å². The standard InChI is InChI=1S/C26H34N6O/c1-19-9-5-4-6-16-31(19)26(33)23-18-25(30-14-7-8-15-30)32-24(27-23)17-22(28-32)20-10-12-21(13-11-20)29(2)3/h10-13,17-19H,4-9,14-16H2,1-3H3. The number of hydrogen-bond acceptors (Lipinski definition) is 5. The summed E-state index contributed by atoms with van der Waals surface area (Å²) in [6, 6.07) is 12.6. The minimum Gasteiger partial charge on any atom is -0.378 e. The quantitative estimate of drug-likeness (QED) is 0.592. The van der Waals surface area contributed by atoms with Crippen LogP contribution in [-0.4, -0.2) is 65.2 Å². The van der Waals surface area contributed by atoms with E-state index in [-0.39, 0.29) is 11.9 Å². The summed E-state index contributed by atoms with van der Waals surface area (Å²) < 4.78 is 1.92. The summed E-state index contributed by atoms with van der Waals surface area (Å²) >= 11 is 0. The summed E-state index contributed by atoms with van der Waals surface area (Å²) in [5.74, 6) is 1.02. The molecule has 0 aliphatic carbocycles. The molecule has 0 saturated carbocycles. The van der Waals surface area contributed by atoms with E-state index in [9.17, 15) is 4.79 Å². The smallest absolute Gasteiger partial charge is 0.272 e. The number of rotatable bonds is 4. The molecule has 7 heteroatoms. The second-order valence-corrected chi connectivity index (χ2v) is 9.63. The van der Waals surface area contributed by atoms with E-state index in [0.717, 1.165) is 73.7 Å². The van der Waals surface area contributed by atoms with Crippen LogP contribution in [0.25, 0.3) is 16.9 Å². The van der Waals surface area contributed by atoms with Crippen LogP contribution in [0.15, 0.2) is 36.4 Å². The first-order valence-electron chi connectivity index (χ1n) is 12.3. The van der Waals surface area contributed by atoms with E-state index in [1.54, 1.807) is 0 Å². The Morgan fingerprint density at radius 1 is 0.970 bits per heavy atom. The second kappa shape index (κ2) is 9.04. The minimum absolute atomic E-state index is 0.0467. The van der Waals surface area contributed by atoms with E-state index >= 15 is 0 Å². The highest BCUT2D eigenvalue weighted by atomic mass is 16.2. The van der Waals surface area contributed by atoms with Crippen molar-refractivity contribution in [2.75, 3.05) is 43.5 Å². The molecule has 2 saturated heterocycles. The third-order valence-electron chi connectivity index (χ3n) is 7.05. The van der Waals surface area contributed by atoms with Crippen LogP contribution in [0.3, 0.4) is 0 Å². The van der Waals surface area contributed by atoms with E-state index in [4.69, 9.17) is 10.1 Å². The monoisotopic (exact) mass is 446 g/mol. The zero-order chi connectivity index (χ0) is 22.9. The largest absolute Gasteiger partial charge is 0.378 e. The van der Waals surface area contributed by atoms with E-state index in [1.807, 2.05) is 35.6 Å². The molecule has 7 nitrogen and oxygen atoms in total. The molecule has 5 rings (SSSR count). The van der Waals surface area contributed by atoms with Crippen molar-refractivity contribution in [2.24, 2.45) is 0 Å². The summed E-state index contributed by atoms with van der Waals surface area (Å²) in [6.45, 7) is 4.95. The number of carbonyl (C=O) groups is 1. The summed E-state index contributed by atoms with van der Waals surface area (Å²) in [4.78, 5) is 24.8. The van der Waals surface area contributed by atoms with Crippen LogP contribution in [0.4, 0.5) is 11.5 Å². The van der Waals surface area contributed by atoms with E-state index in [2.05, 4.69) is 41.0 Å². The van der Waals surface area contributed by atoms with Crippen molar-refractivity contribution in [3.05, 3.63) is 42.1 Å². The summed E-state index contributed by atoms with van der Waals surface area (Å²) in [5, 5.41) is 4.92. The van der Waals surface area contributed by atoms with Crippen molar-refractivity contribution in [1.82, 2.24) is 19.5 Å². The number of aromatic nitrogens is 3. The van der Waals surface area contributed by atoms with Gasteiger partial charge in [0, 0.05) is 63.2 Å². The molecule has 174 valence electrons. The van der Waals surface area contributed by atoms with Gasteiger partial charge in [-0.05, 0) is 44.7 Å². The fraction of sp³-hybridized carbons (Fsp3) is 0.500. The number of amides is 1. The molecular formula is C26H34N6O. The van der Waals surface area contributed by atoms with Crippen molar-refractivity contribution >= 4 is 23.1 Å². The predicted octanol–water partition coefficient (Wildman–Crippen LogP) is 4.47. The van der Waals surface area contributed by atoms with Gasteiger partial charge < -0.3 is 14.7 Å². The maximum absolute atomic E-state index is 13.6. The van der Waals surface area contributed by atoms with E-state index in [1.165, 1.54) is 12.8 Å². The number of nitrogens with zero attached hydrogens (tertiary/aromatic N) is 6. The van der Waals surface area contributed by atoms with Gasteiger partial charge in [0.15, 0.2) is 5.65 Å². The van der Waals surface area contributed by atoms with Crippen LogP contribution in [0, 0.1) is 0 Å². The fourth-order valence-electron chi connectivity index (χ4n) is 5.03. The molecule has 0 N–H and O–H groups in total. The number of anilines is 2. The van der Waals surface area contributed by atoms with Gasteiger partial charge in [-0.25, -0.2) is 4.98 Å². The maximum atomic E-state index is 13.6. The molecule has 0 bridgehead atoms. The topological polar surface area (TPSA) is 57.0 Å². The highest BCUT2D eigenvalue weighted by molar-refractivity contribution is 5.94. The van der Waals surface area contributed by atoms with Gasteiger partial charge >= 0.3 is 0 Å². The highest BCUT2D eigenvalue weighted by Crippen LogP contribution is 2.28. The normalized spacial score (nSPS) is 19.2. The number of likely N-dealkylation sites (tertiary alicyclic amines) is 1. The Labute approximate surface area is 196 Å². The van der Waals surface area contributed by atoms with Crippen LogP contribution < -0.4 is 9.80 Å². The van der Waals surface area contributed by atoms with Crippen molar-refractivity contribution < 1.29 is 4.79 Å². The molecule has 1 aromatic carbocycles. The van der Waals surface area contributed by atoms with Crippen LogP contribution >= 0.6 is 0 Å². The molecule has 3 aromatic rings. The minimum atomic E-state index is 0.0467. The maximum Gasteiger partial charge on any atom is 0.272 e. The Morgan fingerprint density at radius 2 is 1.70 bits per heavy atom. The molecule has 33 heavy (non-hydrogen) atoms. The zero-order valence-corrected chi connectivity index (χ0v) is 20.0. The Bertz CT molecular complexity index is 1130. The lowest BCUT2D eigenvalue weighted by Crippen LogP contribution is -2.39. The number of carbonyl (C=O) groups excluding carboxylic acids is 1. The van der Waals surface area contributed by atoms with Crippen molar-refractivity contribution in [3.8, 4) is 11.3 Å². The van der Waals surface area contributed by atoms with Crippen molar-refractivity contribution in [3.63, 3.8) is 0 Å². The molecule has 0 radical (unpaired) electrons. The third-order valence-corrected chi connectivity index (χ3v) is 7.05. The zero-order valence-electron chi connectivity index (χ0n) is 20.0. The Morgan fingerprint density at radius 3 is 2.42 bits per heavy atom. The molecule has 0 spiro atoms. The Kier molecular flexibility index (Phi) is 5.96. The van der Waals surface area contributed by atoms with E-state index in [0.29, 0.717) is 5.69 Å². The lowest BCUT2D eigenvalue weighted by atomic mass is 10.1. The highest BCUT2D eigenvalue weighted by Gasteiger charge is 2.27. The molecule has 2 aromatic heterocycles. The molecule has 2 fully saturated rings. The van der Waals surface area contributed by atoms with Gasteiger partial charge in [0.1, 0.15) is 11.5 Å². The SMILES string of the molecule is CC1CCCCCN1C(=O)c1cc(N2CCCC2)n2nc(-c3ccc(N(C)C)cc3)cc2n1. The molecule has 4 heterocycles.